The van der Waals surface area contributed by atoms with Crippen LogP contribution in [0, 0.1) is 5.82 Å². The molecule has 2 N–H and O–H groups in total. The predicted octanol–water partition coefficient (Wildman–Crippen LogP) is 1.64. The monoisotopic (exact) mass is 200 g/mol. The lowest BCUT2D eigenvalue weighted by molar-refractivity contribution is 0.267. The molecule has 0 spiro atoms. The van der Waals surface area contributed by atoms with Crippen molar-refractivity contribution in [3.05, 3.63) is 23.5 Å². The number of hydrogen-bond acceptors (Lipinski definition) is 3. The van der Waals surface area contributed by atoms with Gasteiger partial charge < -0.3 is 14.9 Å². The molecule has 1 aromatic rings. The van der Waals surface area contributed by atoms with Crippen LogP contribution >= 0.6 is 0 Å². The van der Waals surface area contributed by atoms with Gasteiger partial charge in [0.15, 0.2) is 0 Å². The fourth-order valence-corrected chi connectivity index (χ4v) is 1.28. The predicted molar refractivity (Wildman–Crippen MR) is 50.1 cm³/mol. The third-order valence-electron chi connectivity index (χ3n) is 2.08. The van der Waals surface area contributed by atoms with E-state index in [1.807, 2.05) is 0 Å². The Balaban J connectivity index is 3.18. The number of methoxy groups -OCH3 is 1. The lowest BCUT2D eigenvalue weighted by atomic mass is 10.0. The summed E-state index contributed by atoms with van der Waals surface area (Å²) >= 11 is 0. The van der Waals surface area contributed by atoms with E-state index in [0.717, 1.165) is 0 Å². The number of rotatable bonds is 3. The van der Waals surface area contributed by atoms with Crippen molar-refractivity contribution in [3.63, 3.8) is 0 Å². The molecule has 3 nitrogen and oxygen atoms in total. The molecule has 0 amide bonds. The maximum absolute atomic E-state index is 13.4. The summed E-state index contributed by atoms with van der Waals surface area (Å²) in [4.78, 5) is 0. The highest BCUT2D eigenvalue weighted by Gasteiger charge is 2.16. The lowest BCUT2D eigenvalue weighted by Crippen LogP contribution is -2.03. The normalized spacial score (nSPS) is 12.6. The van der Waals surface area contributed by atoms with Crippen molar-refractivity contribution in [1.82, 2.24) is 0 Å². The van der Waals surface area contributed by atoms with E-state index >= 15 is 0 Å². The van der Waals surface area contributed by atoms with E-state index in [2.05, 4.69) is 0 Å². The number of benzene rings is 1. The molecule has 0 bridgehead atoms. The van der Waals surface area contributed by atoms with Gasteiger partial charge in [-0.15, -0.1) is 0 Å². The Morgan fingerprint density at radius 2 is 2.14 bits per heavy atom. The van der Waals surface area contributed by atoms with Crippen LogP contribution in [0.5, 0.6) is 11.5 Å². The molecule has 14 heavy (non-hydrogen) atoms. The van der Waals surface area contributed by atoms with Gasteiger partial charge in [-0.25, -0.2) is 4.39 Å². The van der Waals surface area contributed by atoms with Crippen molar-refractivity contribution in [2.24, 2.45) is 0 Å². The molecule has 0 aliphatic carbocycles. The summed E-state index contributed by atoms with van der Waals surface area (Å²) in [6.45, 7) is 1.42. The fourth-order valence-electron chi connectivity index (χ4n) is 1.28. The van der Waals surface area contributed by atoms with Crippen LogP contribution in [-0.2, 0) is 0 Å². The number of aliphatic hydroxyl groups excluding tert-OH is 1. The van der Waals surface area contributed by atoms with E-state index in [4.69, 9.17) is 9.84 Å². The van der Waals surface area contributed by atoms with Crippen LogP contribution < -0.4 is 4.74 Å². The van der Waals surface area contributed by atoms with Crippen LogP contribution in [0.15, 0.2) is 12.1 Å². The first kappa shape index (κ1) is 10.8. The van der Waals surface area contributed by atoms with Gasteiger partial charge in [-0.05, 0) is 0 Å². The number of aromatic hydroxyl groups is 1. The molecule has 1 aromatic carbocycles. The smallest absolute Gasteiger partial charge is 0.134 e. The van der Waals surface area contributed by atoms with Crippen molar-refractivity contribution < 1.29 is 19.3 Å². The Morgan fingerprint density at radius 3 is 2.57 bits per heavy atom. The van der Waals surface area contributed by atoms with Crippen LogP contribution in [0.4, 0.5) is 4.39 Å². The zero-order valence-corrected chi connectivity index (χ0v) is 8.12. The molecular formula is C10H13FO3. The Labute approximate surface area is 81.8 Å². The first-order valence-electron chi connectivity index (χ1n) is 4.27. The zero-order chi connectivity index (χ0) is 10.7. The standard InChI is InChI=1S/C10H13FO3/c1-6(5-12)10-8(11)3-7(14-2)4-9(10)13/h3-4,6,12-13H,5H2,1-2H3. The number of halogens is 1. The van der Waals surface area contributed by atoms with E-state index < -0.39 is 11.7 Å². The van der Waals surface area contributed by atoms with Gasteiger partial charge in [0.05, 0.1) is 7.11 Å². The van der Waals surface area contributed by atoms with Gasteiger partial charge in [-0.3, -0.25) is 0 Å². The SMILES string of the molecule is COc1cc(O)c(C(C)CO)c(F)c1. The van der Waals surface area contributed by atoms with E-state index in [1.54, 1.807) is 6.92 Å². The van der Waals surface area contributed by atoms with E-state index in [0.29, 0.717) is 0 Å². The van der Waals surface area contributed by atoms with Gasteiger partial charge in [0.1, 0.15) is 17.3 Å². The largest absolute Gasteiger partial charge is 0.507 e. The topological polar surface area (TPSA) is 49.7 Å². The van der Waals surface area contributed by atoms with E-state index in [1.165, 1.54) is 19.2 Å². The van der Waals surface area contributed by atoms with Gasteiger partial charge in [-0.1, -0.05) is 6.92 Å². The van der Waals surface area contributed by atoms with Crippen LogP contribution in [0.2, 0.25) is 0 Å². The Bertz CT molecular complexity index is 302. The third-order valence-corrected chi connectivity index (χ3v) is 2.08. The van der Waals surface area contributed by atoms with Crippen LogP contribution in [0.25, 0.3) is 0 Å². The maximum Gasteiger partial charge on any atom is 0.134 e. The number of phenols is 1. The van der Waals surface area contributed by atoms with Crippen molar-refractivity contribution in [3.8, 4) is 11.5 Å². The molecule has 1 unspecified atom stereocenters. The number of hydrogen-bond donors (Lipinski definition) is 2. The molecule has 0 aliphatic heterocycles. The molecule has 78 valence electrons. The van der Waals surface area contributed by atoms with Crippen molar-refractivity contribution in [2.75, 3.05) is 13.7 Å². The zero-order valence-electron chi connectivity index (χ0n) is 8.12. The Kier molecular flexibility index (Phi) is 3.30. The average Bonchev–Trinajstić information content (AvgIpc) is 2.16. The fraction of sp³-hybridized carbons (Fsp3) is 0.400. The molecule has 0 heterocycles. The summed E-state index contributed by atoms with van der Waals surface area (Å²) in [6.07, 6.45) is 0. The molecule has 0 aromatic heterocycles. The van der Waals surface area contributed by atoms with Gasteiger partial charge in [0.25, 0.3) is 0 Å². The third kappa shape index (κ3) is 1.96. The molecule has 4 heteroatoms. The summed E-state index contributed by atoms with van der Waals surface area (Å²) in [5, 5.41) is 18.3. The Morgan fingerprint density at radius 1 is 1.50 bits per heavy atom. The molecule has 0 fully saturated rings. The van der Waals surface area contributed by atoms with Crippen molar-refractivity contribution >= 4 is 0 Å². The van der Waals surface area contributed by atoms with E-state index in [9.17, 15) is 9.50 Å². The van der Waals surface area contributed by atoms with Crippen molar-refractivity contribution in [1.29, 1.82) is 0 Å². The first-order valence-corrected chi connectivity index (χ1v) is 4.27. The lowest BCUT2D eigenvalue weighted by Gasteiger charge is -2.12. The summed E-state index contributed by atoms with van der Waals surface area (Å²) in [5.41, 5.74) is 0.119. The number of phenolic OH excluding ortho intramolecular Hbond substituents is 1. The van der Waals surface area contributed by atoms with Gasteiger partial charge in [0.2, 0.25) is 0 Å². The summed E-state index contributed by atoms with van der Waals surface area (Å²) in [5.74, 6) is -0.929. The summed E-state index contributed by atoms with van der Waals surface area (Å²) in [6, 6.07) is 2.51. The minimum atomic E-state index is -0.566. The molecule has 0 radical (unpaired) electrons. The molecule has 0 aliphatic rings. The molecule has 1 atom stereocenters. The summed E-state index contributed by atoms with van der Waals surface area (Å²) in [7, 11) is 1.39. The highest BCUT2D eigenvalue weighted by Crippen LogP contribution is 2.32. The average molecular weight is 200 g/mol. The van der Waals surface area contributed by atoms with Gasteiger partial charge in [-0.2, -0.15) is 0 Å². The molecule has 1 rings (SSSR count). The minimum absolute atomic E-state index is 0.119. The van der Waals surface area contributed by atoms with Crippen molar-refractivity contribution in [2.45, 2.75) is 12.8 Å². The Hall–Kier alpha value is -1.29. The second-order valence-electron chi connectivity index (χ2n) is 3.13. The van der Waals surface area contributed by atoms with Gasteiger partial charge >= 0.3 is 0 Å². The van der Waals surface area contributed by atoms with Gasteiger partial charge in [0, 0.05) is 30.2 Å². The second-order valence-corrected chi connectivity index (χ2v) is 3.13. The number of aliphatic hydroxyl groups is 1. The van der Waals surface area contributed by atoms with E-state index in [-0.39, 0.29) is 23.7 Å². The van der Waals surface area contributed by atoms with Crippen LogP contribution in [0.1, 0.15) is 18.4 Å². The highest BCUT2D eigenvalue weighted by molar-refractivity contribution is 5.42. The molecule has 0 saturated carbocycles. The second kappa shape index (κ2) is 4.28. The summed E-state index contributed by atoms with van der Waals surface area (Å²) < 4.78 is 18.2. The van der Waals surface area contributed by atoms with Crippen LogP contribution in [-0.4, -0.2) is 23.9 Å². The number of ether oxygens (including phenoxy) is 1. The molecular weight excluding hydrogens is 187 g/mol. The maximum atomic E-state index is 13.4. The highest BCUT2D eigenvalue weighted by atomic mass is 19.1. The first-order chi connectivity index (χ1) is 6.60. The quantitative estimate of drug-likeness (QED) is 0.779. The molecule has 0 saturated heterocycles. The minimum Gasteiger partial charge on any atom is -0.507 e. The van der Waals surface area contributed by atoms with Crippen LogP contribution in [0.3, 0.4) is 0 Å².